The molecule has 1 aliphatic carbocycles. The maximum absolute atomic E-state index is 11.0. The predicted octanol–water partition coefficient (Wildman–Crippen LogP) is 0.850. The van der Waals surface area contributed by atoms with Crippen molar-refractivity contribution in [1.29, 1.82) is 0 Å². The Balaban J connectivity index is 1.31. The van der Waals surface area contributed by atoms with Crippen molar-refractivity contribution >= 4 is 10.0 Å². The second kappa shape index (κ2) is 8.49. The fraction of sp³-hybridized carbons (Fsp3) is 0.667. The molecule has 0 saturated carbocycles. The Labute approximate surface area is 151 Å². The van der Waals surface area contributed by atoms with Gasteiger partial charge in [0.25, 0.3) is 0 Å². The molecule has 6 nitrogen and oxygen atoms in total. The van der Waals surface area contributed by atoms with E-state index in [-0.39, 0.29) is 5.75 Å². The van der Waals surface area contributed by atoms with E-state index in [1.807, 2.05) is 0 Å². The van der Waals surface area contributed by atoms with Gasteiger partial charge in [-0.3, -0.25) is 4.90 Å². The molecule has 2 aliphatic rings. The summed E-state index contributed by atoms with van der Waals surface area (Å²) in [5.41, 5.74) is 2.93. The fourth-order valence-electron chi connectivity index (χ4n) is 3.66. The van der Waals surface area contributed by atoms with Crippen molar-refractivity contribution in [2.45, 2.75) is 25.7 Å². The van der Waals surface area contributed by atoms with Gasteiger partial charge in [-0.15, -0.1) is 0 Å². The Hall–Kier alpha value is -1.15. The maximum atomic E-state index is 11.0. The van der Waals surface area contributed by atoms with Gasteiger partial charge in [0.05, 0.1) is 5.75 Å². The summed E-state index contributed by atoms with van der Waals surface area (Å²) in [6.07, 6.45) is 4.26. The number of fused-ring (bicyclic) bond motifs is 1. The number of rotatable bonds is 8. The van der Waals surface area contributed by atoms with Crippen LogP contribution in [-0.2, 0) is 22.9 Å². The molecule has 1 heterocycles. The van der Waals surface area contributed by atoms with Crippen LogP contribution in [0.15, 0.2) is 18.2 Å². The van der Waals surface area contributed by atoms with Crippen molar-refractivity contribution in [2.24, 2.45) is 5.14 Å². The van der Waals surface area contributed by atoms with Crippen LogP contribution < -0.4 is 9.88 Å². The van der Waals surface area contributed by atoms with Crippen LogP contribution in [0.2, 0.25) is 0 Å². The lowest BCUT2D eigenvalue weighted by molar-refractivity contribution is 0.117. The van der Waals surface area contributed by atoms with E-state index in [9.17, 15) is 8.42 Å². The summed E-state index contributed by atoms with van der Waals surface area (Å²) >= 11 is 0. The number of hydrogen-bond donors (Lipinski definition) is 1. The summed E-state index contributed by atoms with van der Waals surface area (Å²) < 4.78 is 27.8. The molecule has 0 amide bonds. The van der Waals surface area contributed by atoms with Gasteiger partial charge in [-0.05, 0) is 55.5 Å². The molecule has 0 atom stereocenters. The highest BCUT2D eigenvalue weighted by atomic mass is 32.2. The second-order valence-corrected chi connectivity index (χ2v) is 8.77. The van der Waals surface area contributed by atoms with E-state index in [2.05, 4.69) is 28.0 Å². The number of ether oxygens (including phenoxy) is 1. The lowest BCUT2D eigenvalue weighted by atomic mass is 10.1. The first-order valence-electron chi connectivity index (χ1n) is 9.19. The van der Waals surface area contributed by atoms with Gasteiger partial charge < -0.3 is 9.64 Å². The second-order valence-electron chi connectivity index (χ2n) is 7.04. The molecule has 140 valence electrons. The molecule has 0 unspecified atom stereocenters. The first-order chi connectivity index (χ1) is 12.0. The number of sulfonamides is 1. The number of benzene rings is 1. The standard InChI is InChI=1S/C18H29N3O3S/c19-25(22,23)14-2-7-20-8-10-21(11-9-20)12-13-24-18-6-5-16-3-1-4-17(16)15-18/h5-6,15H,1-4,7-14H2,(H2,19,22,23). The molecule has 1 aromatic rings. The minimum atomic E-state index is -3.33. The SMILES string of the molecule is NS(=O)(=O)CCCN1CCN(CCOc2ccc3c(c2)CCC3)CC1. The number of nitrogens with two attached hydrogens (primary N) is 1. The quantitative estimate of drug-likeness (QED) is 0.737. The predicted molar refractivity (Wildman–Crippen MR) is 99.4 cm³/mol. The molecule has 0 spiro atoms. The summed E-state index contributed by atoms with van der Waals surface area (Å²) in [6.45, 7) is 6.40. The number of aryl methyl sites for hydroxylation is 2. The van der Waals surface area contributed by atoms with Crippen LogP contribution in [0.4, 0.5) is 0 Å². The lowest BCUT2D eigenvalue weighted by Crippen LogP contribution is -2.47. The number of nitrogens with zero attached hydrogens (tertiary/aromatic N) is 2. The van der Waals surface area contributed by atoms with E-state index in [1.54, 1.807) is 0 Å². The van der Waals surface area contributed by atoms with E-state index < -0.39 is 10.0 Å². The lowest BCUT2D eigenvalue weighted by Gasteiger charge is -2.34. The molecule has 25 heavy (non-hydrogen) atoms. The summed E-state index contributed by atoms with van der Waals surface area (Å²) in [7, 11) is -3.33. The third kappa shape index (κ3) is 5.95. The Morgan fingerprint density at radius 3 is 2.40 bits per heavy atom. The molecular formula is C18H29N3O3S. The van der Waals surface area contributed by atoms with Crippen LogP contribution in [0.25, 0.3) is 0 Å². The van der Waals surface area contributed by atoms with Crippen LogP contribution in [-0.4, -0.2) is 69.8 Å². The van der Waals surface area contributed by atoms with E-state index >= 15 is 0 Å². The van der Waals surface area contributed by atoms with Crippen molar-refractivity contribution in [3.8, 4) is 5.75 Å². The van der Waals surface area contributed by atoms with E-state index in [1.165, 1.54) is 30.4 Å². The first-order valence-corrected chi connectivity index (χ1v) is 10.9. The van der Waals surface area contributed by atoms with Crippen LogP contribution in [0.3, 0.4) is 0 Å². The van der Waals surface area contributed by atoms with Gasteiger partial charge in [-0.25, -0.2) is 13.6 Å². The molecule has 1 aliphatic heterocycles. The van der Waals surface area contributed by atoms with Crippen molar-refractivity contribution in [2.75, 3.05) is 51.6 Å². The molecule has 0 radical (unpaired) electrons. The van der Waals surface area contributed by atoms with Gasteiger partial charge in [0.2, 0.25) is 10.0 Å². The third-order valence-electron chi connectivity index (χ3n) is 5.11. The molecule has 1 fully saturated rings. The summed E-state index contributed by atoms with van der Waals surface area (Å²) in [6, 6.07) is 6.50. The van der Waals surface area contributed by atoms with E-state index in [0.717, 1.165) is 45.0 Å². The molecule has 7 heteroatoms. The molecule has 0 bridgehead atoms. The molecule has 3 rings (SSSR count). The number of hydrogen-bond acceptors (Lipinski definition) is 5. The van der Waals surface area contributed by atoms with Gasteiger partial charge >= 0.3 is 0 Å². The Morgan fingerprint density at radius 1 is 1.00 bits per heavy atom. The Morgan fingerprint density at radius 2 is 1.68 bits per heavy atom. The van der Waals surface area contributed by atoms with Crippen LogP contribution in [0.1, 0.15) is 24.0 Å². The van der Waals surface area contributed by atoms with Gasteiger partial charge in [-0.2, -0.15) is 0 Å². The minimum absolute atomic E-state index is 0.0713. The minimum Gasteiger partial charge on any atom is -0.492 e. The van der Waals surface area contributed by atoms with E-state index in [4.69, 9.17) is 9.88 Å². The normalized spacial score (nSPS) is 19.1. The number of piperazine rings is 1. The first kappa shape index (κ1) is 18.6. The summed E-state index contributed by atoms with van der Waals surface area (Å²) in [4.78, 5) is 4.71. The van der Waals surface area contributed by atoms with Crippen molar-refractivity contribution < 1.29 is 13.2 Å². The summed E-state index contributed by atoms with van der Waals surface area (Å²) in [5.74, 6) is 1.06. The zero-order chi connectivity index (χ0) is 17.7. The van der Waals surface area contributed by atoms with Gasteiger partial charge in [-0.1, -0.05) is 6.07 Å². The monoisotopic (exact) mass is 367 g/mol. The molecule has 1 aromatic carbocycles. The van der Waals surface area contributed by atoms with Crippen molar-refractivity contribution in [3.63, 3.8) is 0 Å². The zero-order valence-electron chi connectivity index (χ0n) is 14.8. The molecule has 2 N–H and O–H groups in total. The maximum Gasteiger partial charge on any atom is 0.209 e. The highest BCUT2D eigenvalue weighted by Gasteiger charge is 2.17. The largest absolute Gasteiger partial charge is 0.492 e. The topological polar surface area (TPSA) is 75.9 Å². The van der Waals surface area contributed by atoms with Crippen LogP contribution in [0, 0.1) is 0 Å². The molecular weight excluding hydrogens is 338 g/mol. The Bertz CT molecular complexity index is 670. The highest BCUT2D eigenvalue weighted by molar-refractivity contribution is 7.89. The fourth-order valence-corrected chi connectivity index (χ4v) is 4.19. The average molecular weight is 368 g/mol. The van der Waals surface area contributed by atoms with Crippen LogP contribution >= 0.6 is 0 Å². The molecule has 0 aromatic heterocycles. The van der Waals surface area contributed by atoms with Gasteiger partial charge in [0.15, 0.2) is 0 Å². The average Bonchev–Trinajstić information content (AvgIpc) is 3.03. The smallest absolute Gasteiger partial charge is 0.209 e. The summed E-state index contributed by atoms with van der Waals surface area (Å²) in [5, 5.41) is 5.04. The van der Waals surface area contributed by atoms with E-state index in [0.29, 0.717) is 13.0 Å². The van der Waals surface area contributed by atoms with Gasteiger partial charge in [0.1, 0.15) is 12.4 Å². The third-order valence-corrected chi connectivity index (χ3v) is 5.97. The van der Waals surface area contributed by atoms with Crippen molar-refractivity contribution in [1.82, 2.24) is 9.80 Å². The zero-order valence-corrected chi connectivity index (χ0v) is 15.6. The molecule has 1 saturated heterocycles. The number of primary sulfonamides is 1. The highest BCUT2D eigenvalue weighted by Crippen LogP contribution is 2.25. The van der Waals surface area contributed by atoms with Gasteiger partial charge in [0, 0.05) is 32.7 Å². The van der Waals surface area contributed by atoms with Crippen LogP contribution in [0.5, 0.6) is 5.75 Å². The van der Waals surface area contributed by atoms with Crippen molar-refractivity contribution in [3.05, 3.63) is 29.3 Å². The Kier molecular flexibility index (Phi) is 6.33.